The lowest BCUT2D eigenvalue weighted by Gasteiger charge is -2.40. The average Bonchev–Trinajstić information content (AvgIpc) is 3.19. The van der Waals surface area contributed by atoms with Gasteiger partial charge in [0, 0.05) is 19.9 Å². The van der Waals surface area contributed by atoms with Crippen LogP contribution in [0.3, 0.4) is 0 Å². The summed E-state index contributed by atoms with van der Waals surface area (Å²) in [6.45, 7) is 5.29. The summed E-state index contributed by atoms with van der Waals surface area (Å²) in [5, 5.41) is 7.84. The number of amides is 1. The van der Waals surface area contributed by atoms with Crippen LogP contribution in [-0.2, 0) is 17.8 Å². The lowest BCUT2D eigenvalue weighted by atomic mass is 9.76. The van der Waals surface area contributed by atoms with Gasteiger partial charge in [-0.2, -0.15) is 0 Å². The second kappa shape index (κ2) is 6.06. The van der Waals surface area contributed by atoms with Crippen molar-refractivity contribution in [3.05, 3.63) is 35.5 Å². The van der Waals surface area contributed by atoms with Gasteiger partial charge in [-0.1, -0.05) is 13.0 Å². The third-order valence-corrected chi connectivity index (χ3v) is 4.83. The van der Waals surface area contributed by atoms with Crippen LogP contribution in [0.4, 0.5) is 0 Å². The molecule has 1 fully saturated rings. The highest BCUT2D eigenvalue weighted by Crippen LogP contribution is 2.38. The van der Waals surface area contributed by atoms with Crippen molar-refractivity contribution in [3.63, 3.8) is 0 Å². The first-order valence-corrected chi connectivity index (χ1v) is 8.46. The monoisotopic (exact) mass is 343 g/mol. The van der Waals surface area contributed by atoms with Crippen LogP contribution in [0.15, 0.2) is 22.6 Å². The van der Waals surface area contributed by atoms with Gasteiger partial charge in [0.2, 0.25) is 24.5 Å². The molecule has 0 aliphatic carbocycles. The number of fused-ring (bicyclic) bond motifs is 1. The minimum absolute atomic E-state index is 0.00330. The molecular weight excluding hydrogens is 322 g/mol. The summed E-state index contributed by atoms with van der Waals surface area (Å²) in [6, 6.07) is 6.06. The summed E-state index contributed by atoms with van der Waals surface area (Å²) in [4.78, 5) is 14.1. The van der Waals surface area contributed by atoms with E-state index in [1.54, 1.807) is 6.92 Å². The molecule has 3 heterocycles. The van der Waals surface area contributed by atoms with E-state index < -0.39 is 0 Å². The number of aryl methyl sites for hydroxylation is 1. The third kappa shape index (κ3) is 3.31. The van der Waals surface area contributed by atoms with Crippen LogP contribution in [0.1, 0.15) is 37.1 Å². The molecule has 7 nitrogen and oxygen atoms in total. The second-order valence-electron chi connectivity index (χ2n) is 7.14. The molecule has 0 bridgehead atoms. The highest BCUT2D eigenvalue weighted by molar-refractivity contribution is 5.77. The maximum Gasteiger partial charge on any atom is 0.235 e. The summed E-state index contributed by atoms with van der Waals surface area (Å²) < 4.78 is 16.3. The van der Waals surface area contributed by atoms with Gasteiger partial charge in [0.1, 0.15) is 0 Å². The predicted molar refractivity (Wildman–Crippen MR) is 88.1 cm³/mol. The maximum atomic E-state index is 12.3. The molecule has 0 spiro atoms. The van der Waals surface area contributed by atoms with Crippen LogP contribution in [-0.4, -0.2) is 34.3 Å². The fraction of sp³-hybridized carbons (Fsp3) is 0.500. The number of likely N-dealkylation sites (tertiary alicyclic amines) is 1. The zero-order valence-electron chi connectivity index (χ0n) is 14.4. The molecule has 0 unspecified atom stereocenters. The van der Waals surface area contributed by atoms with Crippen molar-refractivity contribution in [1.29, 1.82) is 0 Å². The topological polar surface area (TPSA) is 77.7 Å². The quantitative estimate of drug-likeness (QED) is 0.849. The first-order valence-electron chi connectivity index (χ1n) is 8.46. The van der Waals surface area contributed by atoms with Crippen LogP contribution in [0, 0.1) is 12.3 Å². The average molecular weight is 343 g/mol. The number of carbonyl (C=O) groups excluding carboxylic acids is 1. The molecule has 25 heavy (non-hydrogen) atoms. The van der Waals surface area contributed by atoms with E-state index in [1.165, 1.54) is 5.56 Å². The summed E-state index contributed by atoms with van der Waals surface area (Å²) in [6.07, 6.45) is 2.27. The molecule has 2 aliphatic heterocycles. The van der Waals surface area contributed by atoms with E-state index in [4.69, 9.17) is 13.9 Å². The Balaban J connectivity index is 1.48. The van der Waals surface area contributed by atoms with E-state index >= 15 is 0 Å². The van der Waals surface area contributed by atoms with Gasteiger partial charge in [-0.25, -0.2) is 0 Å². The normalized spacial score (nSPS) is 22.5. The van der Waals surface area contributed by atoms with Crippen LogP contribution < -0.4 is 9.47 Å². The zero-order valence-corrected chi connectivity index (χ0v) is 14.4. The fourth-order valence-electron chi connectivity index (χ4n) is 3.59. The van der Waals surface area contributed by atoms with Crippen molar-refractivity contribution >= 4 is 5.91 Å². The largest absolute Gasteiger partial charge is 0.454 e. The van der Waals surface area contributed by atoms with E-state index in [1.807, 2.05) is 17.0 Å². The molecule has 7 heteroatoms. The Kier molecular flexibility index (Phi) is 3.86. The number of aromatic nitrogens is 2. The number of hydrogen-bond acceptors (Lipinski definition) is 6. The van der Waals surface area contributed by atoms with Gasteiger partial charge in [0.25, 0.3) is 0 Å². The van der Waals surface area contributed by atoms with Gasteiger partial charge < -0.3 is 18.8 Å². The lowest BCUT2D eigenvalue weighted by molar-refractivity contribution is -0.138. The Hall–Kier alpha value is -2.57. The summed E-state index contributed by atoms with van der Waals surface area (Å²) in [5.74, 6) is 2.73. The molecule has 132 valence electrons. The van der Waals surface area contributed by atoms with E-state index in [0.29, 0.717) is 31.3 Å². The Morgan fingerprint density at radius 3 is 2.88 bits per heavy atom. The summed E-state index contributed by atoms with van der Waals surface area (Å²) >= 11 is 0. The van der Waals surface area contributed by atoms with Crippen LogP contribution in [0.5, 0.6) is 11.5 Å². The first kappa shape index (κ1) is 15.9. The molecule has 4 rings (SSSR count). The minimum Gasteiger partial charge on any atom is -0.454 e. The van der Waals surface area contributed by atoms with Gasteiger partial charge >= 0.3 is 0 Å². The number of piperidine rings is 1. The molecule has 0 saturated carbocycles. The molecule has 0 N–H and O–H groups in total. The number of nitrogens with zero attached hydrogens (tertiary/aromatic N) is 3. The van der Waals surface area contributed by atoms with E-state index in [2.05, 4.69) is 23.2 Å². The van der Waals surface area contributed by atoms with E-state index in [0.717, 1.165) is 24.3 Å². The van der Waals surface area contributed by atoms with Crippen molar-refractivity contribution in [3.8, 4) is 11.5 Å². The van der Waals surface area contributed by atoms with Crippen molar-refractivity contribution in [1.82, 2.24) is 15.1 Å². The Bertz CT molecular complexity index is 803. The summed E-state index contributed by atoms with van der Waals surface area (Å²) in [7, 11) is 0. The molecule has 1 aromatic heterocycles. The van der Waals surface area contributed by atoms with Crippen molar-refractivity contribution < 1.29 is 18.7 Å². The maximum absolute atomic E-state index is 12.3. The molecule has 1 saturated heterocycles. The highest BCUT2D eigenvalue weighted by Gasteiger charge is 2.36. The van der Waals surface area contributed by atoms with Crippen molar-refractivity contribution in [2.75, 3.05) is 13.3 Å². The molecule has 2 aliphatic rings. The Morgan fingerprint density at radius 1 is 1.24 bits per heavy atom. The predicted octanol–water partition coefficient (Wildman–Crippen LogP) is 2.48. The SMILES string of the molecule is Cc1nnc(CN2C[C@](C)(Cc3ccc4c(c3)OCO4)CCC2=O)o1. The number of benzene rings is 1. The molecule has 1 atom stereocenters. The van der Waals surface area contributed by atoms with Gasteiger partial charge in [-0.3, -0.25) is 4.79 Å². The van der Waals surface area contributed by atoms with Crippen LogP contribution in [0.25, 0.3) is 0 Å². The third-order valence-electron chi connectivity index (χ3n) is 4.83. The smallest absolute Gasteiger partial charge is 0.235 e. The van der Waals surface area contributed by atoms with E-state index in [-0.39, 0.29) is 18.1 Å². The molecular formula is C18H21N3O4. The number of hydrogen-bond donors (Lipinski definition) is 0. The van der Waals surface area contributed by atoms with Gasteiger partial charge in [0.05, 0.1) is 6.54 Å². The van der Waals surface area contributed by atoms with Crippen LogP contribution >= 0.6 is 0 Å². The zero-order chi connectivity index (χ0) is 17.4. The standard InChI is InChI=1S/C18H21N3O4/c1-12-19-20-16(25-12)9-21-10-18(2,6-5-17(21)22)8-13-3-4-14-15(7-13)24-11-23-14/h3-4,7H,5-6,8-11H2,1-2H3/t18-/m0/s1. The molecule has 1 aromatic carbocycles. The minimum atomic E-state index is -0.00330. The summed E-state index contributed by atoms with van der Waals surface area (Å²) in [5.41, 5.74) is 1.19. The van der Waals surface area contributed by atoms with E-state index in [9.17, 15) is 4.79 Å². The lowest BCUT2D eigenvalue weighted by Crippen LogP contribution is -2.45. The molecule has 2 aromatic rings. The Morgan fingerprint density at radius 2 is 2.08 bits per heavy atom. The number of carbonyl (C=O) groups is 1. The van der Waals surface area contributed by atoms with Gasteiger partial charge in [-0.05, 0) is 36.0 Å². The van der Waals surface area contributed by atoms with Gasteiger partial charge in [-0.15, -0.1) is 10.2 Å². The highest BCUT2D eigenvalue weighted by atomic mass is 16.7. The molecule has 0 radical (unpaired) electrons. The second-order valence-corrected chi connectivity index (χ2v) is 7.14. The van der Waals surface area contributed by atoms with Crippen molar-refractivity contribution in [2.45, 2.75) is 39.7 Å². The first-order chi connectivity index (χ1) is 12.0. The molecule has 1 amide bonds. The van der Waals surface area contributed by atoms with Crippen molar-refractivity contribution in [2.24, 2.45) is 5.41 Å². The fourth-order valence-corrected chi connectivity index (χ4v) is 3.59. The van der Waals surface area contributed by atoms with Crippen LogP contribution in [0.2, 0.25) is 0 Å². The number of rotatable bonds is 4. The Labute approximate surface area is 145 Å². The van der Waals surface area contributed by atoms with Gasteiger partial charge in [0.15, 0.2) is 11.5 Å². The number of ether oxygens (including phenoxy) is 2.